The van der Waals surface area contributed by atoms with E-state index in [1.165, 1.54) is 0 Å². The quantitative estimate of drug-likeness (QED) is 0.499. The number of carbonyl (C=O) groups is 1. The predicted octanol–water partition coefficient (Wildman–Crippen LogP) is 3.60. The lowest BCUT2D eigenvalue weighted by Crippen LogP contribution is -2.22. The minimum absolute atomic E-state index is 0.0986. The van der Waals surface area contributed by atoms with E-state index in [0.29, 0.717) is 17.7 Å². The Labute approximate surface area is 179 Å². The second-order valence-corrected chi connectivity index (χ2v) is 7.81. The lowest BCUT2D eigenvalue weighted by molar-refractivity contribution is -0.115. The maximum Gasteiger partial charge on any atom is 0.229 e. The van der Waals surface area contributed by atoms with Gasteiger partial charge < -0.3 is 10.1 Å². The van der Waals surface area contributed by atoms with Gasteiger partial charge in [-0.3, -0.25) is 14.9 Å². The van der Waals surface area contributed by atoms with Gasteiger partial charge in [-0.15, -0.1) is 0 Å². The molecule has 0 unspecified atom stereocenters. The number of anilines is 1. The van der Waals surface area contributed by atoms with E-state index in [1.807, 2.05) is 36.4 Å². The Bertz CT molecular complexity index is 1230. The van der Waals surface area contributed by atoms with Crippen molar-refractivity contribution < 1.29 is 9.53 Å². The number of aromatic nitrogens is 5. The fraction of sp³-hybridized carbons (Fsp3) is 0.261. The zero-order chi connectivity index (χ0) is 21.2. The lowest BCUT2D eigenvalue weighted by atomic mass is 9.71. The van der Waals surface area contributed by atoms with Gasteiger partial charge in [0.05, 0.1) is 30.9 Å². The molecule has 3 heterocycles. The van der Waals surface area contributed by atoms with Crippen molar-refractivity contribution in [3.8, 4) is 5.75 Å². The second-order valence-electron chi connectivity index (χ2n) is 7.81. The number of H-pyrrole nitrogens is 1. The smallest absolute Gasteiger partial charge is 0.229 e. The molecule has 3 aromatic heterocycles. The van der Waals surface area contributed by atoms with Crippen molar-refractivity contribution >= 4 is 22.6 Å². The Morgan fingerprint density at radius 1 is 1.19 bits per heavy atom. The van der Waals surface area contributed by atoms with Crippen LogP contribution in [-0.4, -0.2) is 38.2 Å². The summed E-state index contributed by atoms with van der Waals surface area (Å²) in [5, 5.41) is 11.2. The molecule has 8 heteroatoms. The van der Waals surface area contributed by atoms with Crippen LogP contribution in [0.3, 0.4) is 0 Å². The number of nitrogens with one attached hydrogen (secondary N) is 2. The Balaban J connectivity index is 1.19. The Morgan fingerprint density at radius 2 is 2.10 bits per heavy atom. The largest absolute Gasteiger partial charge is 0.493 e. The standard InChI is InChI=1S/C23H22N6O2/c1-31-20-12-24-13-26-23(20)17-9-16(10-17)19-11-21(29-28-19)27-22(30)8-14-4-5-18-15(7-14)3-2-6-25-18/h2-7,11-13,16-17H,8-10H2,1H3,(H2,27,28,29,30)/t16-,17+. The minimum Gasteiger partial charge on any atom is -0.493 e. The number of rotatable bonds is 6. The van der Waals surface area contributed by atoms with Crippen LogP contribution in [0.15, 0.2) is 55.1 Å². The highest BCUT2D eigenvalue weighted by Crippen LogP contribution is 2.48. The summed E-state index contributed by atoms with van der Waals surface area (Å²) in [7, 11) is 1.64. The summed E-state index contributed by atoms with van der Waals surface area (Å²) in [6.45, 7) is 0. The summed E-state index contributed by atoms with van der Waals surface area (Å²) in [5.74, 6) is 1.87. The van der Waals surface area contributed by atoms with E-state index in [1.54, 1.807) is 25.8 Å². The van der Waals surface area contributed by atoms with Crippen molar-refractivity contribution in [2.45, 2.75) is 31.1 Å². The molecule has 0 saturated heterocycles. The number of hydrogen-bond acceptors (Lipinski definition) is 6. The molecule has 1 fully saturated rings. The van der Waals surface area contributed by atoms with Gasteiger partial charge in [0.2, 0.25) is 5.91 Å². The highest BCUT2D eigenvalue weighted by atomic mass is 16.5. The third-order valence-electron chi connectivity index (χ3n) is 5.79. The number of amides is 1. The molecule has 0 atom stereocenters. The van der Waals surface area contributed by atoms with E-state index < -0.39 is 0 Å². The highest BCUT2D eigenvalue weighted by Gasteiger charge is 2.35. The van der Waals surface area contributed by atoms with Gasteiger partial charge >= 0.3 is 0 Å². The van der Waals surface area contributed by atoms with E-state index in [2.05, 4.69) is 30.5 Å². The maximum absolute atomic E-state index is 12.5. The van der Waals surface area contributed by atoms with Crippen LogP contribution in [0, 0.1) is 0 Å². The summed E-state index contributed by atoms with van der Waals surface area (Å²) in [6, 6.07) is 11.7. The van der Waals surface area contributed by atoms with Crippen LogP contribution in [0.5, 0.6) is 5.75 Å². The topological polar surface area (TPSA) is 106 Å². The fourth-order valence-corrected chi connectivity index (χ4v) is 4.10. The number of ether oxygens (including phenoxy) is 1. The van der Waals surface area contributed by atoms with Crippen molar-refractivity contribution in [1.82, 2.24) is 25.1 Å². The van der Waals surface area contributed by atoms with Crippen LogP contribution in [0.4, 0.5) is 5.82 Å². The van der Waals surface area contributed by atoms with Crippen molar-refractivity contribution in [1.29, 1.82) is 0 Å². The molecular weight excluding hydrogens is 392 g/mol. The number of nitrogens with zero attached hydrogens (tertiary/aromatic N) is 4. The zero-order valence-corrected chi connectivity index (χ0v) is 17.1. The molecule has 1 saturated carbocycles. The van der Waals surface area contributed by atoms with Gasteiger partial charge in [-0.2, -0.15) is 5.10 Å². The summed E-state index contributed by atoms with van der Waals surface area (Å²) in [6.07, 6.45) is 7.21. The average Bonchev–Trinajstić information content (AvgIpc) is 3.20. The normalized spacial score (nSPS) is 17.8. The maximum atomic E-state index is 12.5. The van der Waals surface area contributed by atoms with Crippen molar-refractivity contribution in [3.05, 3.63) is 72.1 Å². The first kappa shape index (κ1) is 19.2. The predicted molar refractivity (Wildman–Crippen MR) is 116 cm³/mol. The molecule has 1 amide bonds. The molecule has 4 aromatic rings. The molecule has 1 aliphatic carbocycles. The summed E-state index contributed by atoms with van der Waals surface area (Å²) in [5.41, 5.74) is 3.83. The summed E-state index contributed by atoms with van der Waals surface area (Å²) < 4.78 is 5.37. The number of pyridine rings is 1. The first-order valence-electron chi connectivity index (χ1n) is 10.2. The van der Waals surface area contributed by atoms with E-state index in [0.717, 1.165) is 46.4 Å². The zero-order valence-electron chi connectivity index (χ0n) is 17.1. The number of benzene rings is 1. The number of carbonyl (C=O) groups excluding carboxylic acids is 1. The minimum atomic E-state index is -0.0986. The van der Waals surface area contributed by atoms with Crippen LogP contribution >= 0.6 is 0 Å². The Hall–Kier alpha value is -3.81. The molecule has 1 aromatic carbocycles. The number of hydrogen-bond donors (Lipinski definition) is 2. The van der Waals surface area contributed by atoms with Gasteiger partial charge in [0.25, 0.3) is 0 Å². The number of fused-ring (bicyclic) bond motifs is 1. The van der Waals surface area contributed by atoms with Gasteiger partial charge in [0, 0.05) is 35.2 Å². The fourth-order valence-electron chi connectivity index (χ4n) is 4.10. The molecule has 0 aliphatic heterocycles. The molecule has 0 spiro atoms. The number of aromatic amines is 1. The van der Waals surface area contributed by atoms with Gasteiger partial charge in [-0.25, -0.2) is 9.97 Å². The molecule has 1 aliphatic rings. The molecule has 8 nitrogen and oxygen atoms in total. The third kappa shape index (κ3) is 3.96. The monoisotopic (exact) mass is 414 g/mol. The first-order valence-corrected chi connectivity index (χ1v) is 10.2. The highest BCUT2D eigenvalue weighted by molar-refractivity contribution is 5.92. The number of methoxy groups -OCH3 is 1. The summed E-state index contributed by atoms with van der Waals surface area (Å²) >= 11 is 0. The first-order chi connectivity index (χ1) is 15.2. The van der Waals surface area contributed by atoms with E-state index in [9.17, 15) is 4.79 Å². The molecule has 31 heavy (non-hydrogen) atoms. The van der Waals surface area contributed by atoms with Crippen LogP contribution in [-0.2, 0) is 11.2 Å². The van der Waals surface area contributed by atoms with Gasteiger partial charge in [0.15, 0.2) is 11.6 Å². The third-order valence-corrected chi connectivity index (χ3v) is 5.79. The SMILES string of the molecule is COc1cncnc1[C@H]1C[C@@H](c2cc(NC(=O)Cc3ccc4ncccc4c3)n[nH]2)C1. The van der Waals surface area contributed by atoms with Crippen molar-refractivity contribution in [2.24, 2.45) is 0 Å². The van der Waals surface area contributed by atoms with E-state index >= 15 is 0 Å². The van der Waals surface area contributed by atoms with Gasteiger partial charge in [-0.1, -0.05) is 12.1 Å². The van der Waals surface area contributed by atoms with Crippen molar-refractivity contribution in [3.63, 3.8) is 0 Å². The summed E-state index contributed by atoms with van der Waals surface area (Å²) in [4.78, 5) is 25.2. The molecule has 2 N–H and O–H groups in total. The molecule has 156 valence electrons. The van der Waals surface area contributed by atoms with Crippen LogP contribution in [0.2, 0.25) is 0 Å². The lowest BCUT2D eigenvalue weighted by Gasteiger charge is -2.34. The molecule has 5 rings (SSSR count). The van der Waals surface area contributed by atoms with Crippen LogP contribution < -0.4 is 10.1 Å². The molecule has 0 radical (unpaired) electrons. The molecule has 0 bridgehead atoms. The van der Waals surface area contributed by atoms with E-state index in [-0.39, 0.29) is 12.3 Å². The second kappa shape index (κ2) is 8.14. The van der Waals surface area contributed by atoms with Crippen LogP contribution in [0.25, 0.3) is 10.9 Å². The van der Waals surface area contributed by atoms with Crippen LogP contribution in [0.1, 0.15) is 41.6 Å². The average molecular weight is 414 g/mol. The Morgan fingerprint density at radius 3 is 2.97 bits per heavy atom. The Kier molecular flexibility index (Phi) is 5.03. The van der Waals surface area contributed by atoms with E-state index in [4.69, 9.17) is 4.74 Å². The molecular formula is C23H22N6O2. The van der Waals surface area contributed by atoms with Crippen molar-refractivity contribution in [2.75, 3.05) is 12.4 Å². The van der Waals surface area contributed by atoms with Gasteiger partial charge in [-0.05, 0) is 36.6 Å². The van der Waals surface area contributed by atoms with Gasteiger partial charge in [0.1, 0.15) is 6.33 Å².